The number of nitrogens with zero attached hydrogens (tertiary/aromatic N) is 1. The second-order valence-electron chi connectivity index (χ2n) is 3.34. The predicted molar refractivity (Wildman–Crippen MR) is 49.3 cm³/mol. The molecule has 1 aliphatic rings. The highest BCUT2D eigenvalue weighted by atomic mass is 35.5. The van der Waals surface area contributed by atoms with Gasteiger partial charge in [0, 0.05) is 10.6 Å². The maximum Gasteiger partial charge on any atom is 0.0992 e. The summed E-state index contributed by atoms with van der Waals surface area (Å²) in [4.78, 5) is 0. The number of nitriles is 1. The van der Waals surface area contributed by atoms with E-state index >= 15 is 0 Å². The Morgan fingerprint density at radius 1 is 1.46 bits per heavy atom. The average molecular weight is 194 g/mol. The molecule has 1 fully saturated rings. The quantitative estimate of drug-likeness (QED) is 0.743. The molecule has 66 valence electrons. The van der Waals surface area contributed by atoms with Gasteiger partial charge < -0.3 is 5.11 Å². The topological polar surface area (TPSA) is 44.0 Å². The smallest absolute Gasteiger partial charge is 0.0992 e. The standard InChI is InChI=1S/C10H8ClNO/c11-9-5-7(6-12)1-2-8(9)10(13)3-4-10/h1-2,5,13H,3-4H2. The molecular weight excluding hydrogens is 186 g/mol. The van der Waals surface area contributed by atoms with Crippen LogP contribution in [-0.4, -0.2) is 5.11 Å². The molecule has 1 saturated carbocycles. The molecule has 13 heavy (non-hydrogen) atoms. The molecule has 0 unspecified atom stereocenters. The third kappa shape index (κ3) is 1.41. The van der Waals surface area contributed by atoms with Crippen molar-refractivity contribution in [2.75, 3.05) is 0 Å². The van der Waals surface area contributed by atoms with E-state index in [2.05, 4.69) is 0 Å². The van der Waals surface area contributed by atoms with Crippen molar-refractivity contribution in [1.29, 1.82) is 5.26 Å². The van der Waals surface area contributed by atoms with E-state index in [9.17, 15) is 5.11 Å². The lowest BCUT2D eigenvalue weighted by Crippen LogP contribution is -2.04. The van der Waals surface area contributed by atoms with Gasteiger partial charge in [-0.05, 0) is 25.0 Å². The number of aliphatic hydroxyl groups is 1. The van der Waals surface area contributed by atoms with E-state index in [1.165, 1.54) is 0 Å². The molecule has 1 aromatic rings. The van der Waals surface area contributed by atoms with E-state index in [1.807, 2.05) is 6.07 Å². The van der Waals surface area contributed by atoms with Gasteiger partial charge in [-0.15, -0.1) is 0 Å². The van der Waals surface area contributed by atoms with Crippen molar-refractivity contribution in [2.45, 2.75) is 18.4 Å². The summed E-state index contributed by atoms with van der Waals surface area (Å²) < 4.78 is 0. The zero-order valence-corrected chi connectivity index (χ0v) is 7.67. The SMILES string of the molecule is N#Cc1ccc(C2(O)CC2)c(Cl)c1. The van der Waals surface area contributed by atoms with Gasteiger partial charge in [0.15, 0.2) is 0 Å². The first kappa shape index (κ1) is 8.55. The molecule has 0 aliphatic heterocycles. The van der Waals surface area contributed by atoms with E-state index < -0.39 is 5.60 Å². The summed E-state index contributed by atoms with van der Waals surface area (Å²) >= 11 is 5.92. The minimum atomic E-state index is -0.717. The number of hydrogen-bond donors (Lipinski definition) is 1. The molecule has 0 bridgehead atoms. The Kier molecular flexibility index (Phi) is 1.80. The fourth-order valence-corrected chi connectivity index (χ4v) is 1.71. The van der Waals surface area contributed by atoms with E-state index in [4.69, 9.17) is 16.9 Å². The fourth-order valence-electron chi connectivity index (χ4n) is 1.35. The van der Waals surface area contributed by atoms with E-state index in [0.29, 0.717) is 10.6 Å². The Hall–Kier alpha value is -1.04. The molecule has 2 rings (SSSR count). The Morgan fingerprint density at radius 2 is 2.15 bits per heavy atom. The summed E-state index contributed by atoms with van der Waals surface area (Å²) in [6, 6.07) is 7.00. The predicted octanol–water partition coefficient (Wildman–Crippen LogP) is 2.19. The number of benzene rings is 1. The summed E-state index contributed by atoms with van der Waals surface area (Å²) in [5, 5.41) is 18.9. The Balaban J connectivity index is 2.45. The molecule has 1 aromatic carbocycles. The second kappa shape index (κ2) is 2.73. The van der Waals surface area contributed by atoms with Crippen molar-refractivity contribution < 1.29 is 5.11 Å². The van der Waals surface area contributed by atoms with Crippen molar-refractivity contribution in [3.05, 3.63) is 34.3 Å². The highest BCUT2D eigenvalue weighted by Crippen LogP contribution is 2.47. The fraction of sp³-hybridized carbons (Fsp3) is 0.300. The van der Waals surface area contributed by atoms with Crippen LogP contribution in [0.5, 0.6) is 0 Å². The van der Waals surface area contributed by atoms with Gasteiger partial charge >= 0.3 is 0 Å². The maximum atomic E-state index is 9.78. The number of rotatable bonds is 1. The highest BCUT2D eigenvalue weighted by Gasteiger charge is 2.43. The molecule has 3 heteroatoms. The van der Waals surface area contributed by atoms with Crippen LogP contribution in [0.2, 0.25) is 5.02 Å². The Morgan fingerprint density at radius 3 is 2.62 bits per heavy atom. The zero-order chi connectivity index (χ0) is 9.47. The lowest BCUT2D eigenvalue weighted by atomic mass is 10.1. The van der Waals surface area contributed by atoms with Gasteiger partial charge in [0.2, 0.25) is 0 Å². The summed E-state index contributed by atoms with van der Waals surface area (Å²) in [6.45, 7) is 0. The van der Waals surface area contributed by atoms with Crippen LogP contribution in [-0.2, 0) is 5.60 Å². The van der Waals surface area contributed by atoms with Crippen molar-refractivity contribution in [3.8, 4) is 6.07 Å². The third-order valence-electron chi connectivity index (χ3n) is 2.32. The molecule has 2 nitrogen and oxygen atoms in total. The van der Waals surface area contributed by atoms with Crippen LogP contribution in [0.3, 0.4) is 0 Å². The van der Waals surface area contributed by atoms with Crippen LogP contribution >= 0.6 is 11.6 Å². The van der Waals surface area contributed by atoms with Crippen molar-refractivity contribution in [2.24, 2.45) is 0 Å². The lowest BCUT2D eigenvalue weighted by Gasteiger charge is -2.09. The number of hydrogen-bond acceptors (Lipinski definition) is 2. The molecule has 0 saturated heterocycles. The van der Waals surface area contributed by atoms with E-state index in [-0.39, 0.29) is 0 Å². The van der Waals surface area contributed by atoms with Crippen molar-refractivity contribution in [1.82, 2.24) is 0 Å². The Bertz CT molecular complexity index is 390. The van der Waals surface area contributed by atoms with Crippen molar-refractivity contribution in [3.63, 3.8) is 0 Å². The van der Waals surface area contributed by atoms with Crippen LogP contribution in [0.25, 0.3) is 0 Å². The number of halogens is 1. The molecule has 0 spiro atoms. The van der Waals surface area contributed by atoms with Crippen LogP contribution in [0.4, 0.5) is 0 Å². The van der Waals surface area contributed by atoms with Crippen LogP contribution in [0.1, 0.15) is 24.0 Å². The molecule has 1 N–H and O–H groups in total. The van der Waals surface area contributed by atoms with Gasteiger partial charge in [-0.1, -0.05) is 17.7 Å². The summed E-state index contributed by atoms with van der Waals surface area (Å²) in [6.07, 6.45) is 1.53. The van der Waals surface area contributed by atoms with Crippen LogP contribution in [0, 0.1) is 11.3 Å². The summed E-state index contributed by atoms with van der Waals surface area (Å²) in [5.41, 5.74) is 0.552. The first-order valence-electron chi connectivity index (χ1n) is 4.08. The van der Waals surface area contributed by atoms with Gasteiger partial charge in [-0.3, -0.25) is 0 Å². The largest absolute Gasteiger partial charge is 0.385 e. The Labute approximate surface area is 81.4 Å². The molecule has 1 aliphatic carbocycles. The minimum Gasteiger partial charge on any atom is -0.385 e. The molecule has 0 aromatic heterocycles. The van der Waals surface area contributed by atoms with E-state index in [0.717, 1.165) is 18.4 Å². The first-order valence-corrected chi connectivity index (χ1v) is 4.46. The van der Waals surface area contributed by atoms with Gasteiger partial charge in [0.1, 0.15) is 0 Å². The average Bonchev–Trinajstić information content (AvgIpc) is 2.84. The highest BCUT2D eigenvalue weighted by molar-refractivity contribution is 6.31. The second-order valence-corrected chi connectivity index (χ2v) is 3.75. The zero-order valence-electron chi connectivity index (χ0n) is 6.92. The van der Waals surface area contributed by atoms with Gasteiger partial charge in [-0.25, -0.2) is 0 Å². The normalized spacial score (nSPS) is 17.9. The summed E-state index contributed by atoms with van der Waals surface area (Å²) in [7, 11) is 0. The molecular formula is C10H8ClNO. The minimum absolute atomic E-state index is 0.485. The molecule has 0 heterocycles. The van der Waals surface area contributed by atoms with Gasteiger partial charge in [0.25, 0.3) is 0 Å². The van der Waals surface area contributed by atoms with Crippen LogP contribution < -0.4 is 0 Å². The summed E-state index contributed by atoms with van der Waals surface area (Å²) in [5.74, 6) is 0. The lowest BCUT2D eigenvalue weighted by molar-refractivity contribution is 0.151. The van der Waals surface area contributed by atoms with Gasteiger partial charge in [0.05, 0.1) is 17.2 Å². The molecule has 0 atom stereocenters. The maximum absolute atomic E-state index is 9.78. The monoisotopic (exact) mass is 193 g/mol. The van der Waals surface area contributed by atoms with Gasteiger partial charge in [-0.2, -0.15) is 5.26 Å². The van der Waals surface area contributed by atoms with Crippen molar-refractivity contribution >= 4 is 11.6 Å². The van der Waals surface area contributed by atoms with Crippen LogP contribution in [0.15, 0.2) is 18.2 Å². The van der Waals surface area contributed by atoms with E-state index in [1.54, 1.807) is 18.2 Å². The molecule has 0 radical (unpaired) electrons. The molecule has 0 amide bonds. The third-order valence-corrected chi connectivity index (χ3v) is 2.64. The first-order chi connectivity index (χ1) is 6.15.